The zero-order chi connectivity index (χ0) is 9.90. The van der Waals surface area contributed by atoms with Crippen LogP contribution in [-0.4, -0.2) is 23.6 Å². The van der Waals surface area contributed by atoms with E-state index in [-0.39, 0.29) is 41.4 Å². The van der Waals surface area contributed by atoms with Crippen LogP contribution in [0, 0.1) is 0 Å². The molecule has 8 heteroatoms. The molecule has 1 rings (SSSR count). The fourth-order valence-corrected chi connectivity index (χ4v) is 1.33. The second-order valence-electron chi connectivity index (χ2n) is 2.17. The minimum absolute atomic E-state index is 0. The van der Waals surface area contributed by atoms with Crippen molar-refractivity contribution in [3.63, 3.8) is 0 Å². The maximum atomic E-state index is 10.6. The first-order chi connectivity index (χ1) is 6.04. The van der Waals surface area contributed by atoms with Gasteiger partial charge in [-0.25, -0.2) is 0 Å². The van der Waals surface area contributed by atoms with Gasteiger partial charge in [0.05, 0.1) is 15.7 Å². The average molecular weight is 257 g/mol. The predicted molar refractivity (Wildman–Crippen MR) is 55.7 cm³/mol. The molecule has 0 fully saturated rings. The number of benzene rings is 1. The van der Waals surface area contributed by atoms with Crippen molar-refractivity contribution in [1.82, 2.24) is 0 Å². The van der Waals surface area contributed by atoms with Crippen molar-refractivity contribution in [3.05, 3.63) is 24.3 Å². The monoisotopic (exact) mass is 257 g/mol. The van der Waals surface area contributed by atoms with Crippen LogP contribution in [0.15, 0.2) is 34.2 Å². The molecule has 0 unspecified atom stereocenters. The SMILES string of the molecule is O.O=S(=O)(O)c1ccc(N=C=S)cc1.[H-].[Na+]. The van der Waals surface area contributed by atoms with E-state index in [0.717, 1.165) is 0 Å². The van der Waals surface area contributed by atoms with Gasteiger partial charge >= 0.3 is 29.6 Å². The van der Waals surface area contributed by atoms with Gasteiger partial charge in [0.15, 0.2) is 0 Å². The number of nitrogens with zero attached hydrogens (tertiary/aromatic N) is 1. The molecular weight excluding hydrogens is 249 g/mol. The number of hydrogen-bond acceptors (Lipinski definition) is 4. The molecule has 0 saturated carbocycles. The van der Waals surface area contributed by atoms with Crippen molar-refractivity contribution >= 4 is 33.2 Å². The van der Waals surface area contributed by atoms with E-state index in [2.05, 4.69) is 22.4 Å². The molecule has 0 saturated heterocycles. The topological polar surface area (TPSA) is 98.2 Å². The van der Waals surface area contributed by atoms with E-state index >= 15 is 0 Å². The van der Waals surface area contributed by atoms with Gasteiger partial charge in [0.2, 0.25) is 0 Å². The van der Waals surface area contributed by atoms with Gasteiger partial charge in [0.1, 0.15) is 0 Å². The van der Waals surface area contributed by atoms with E-state index < -0.39 is 10.1 Å². The number of isothiocyanates is 1. The maximum absolute atomic E-state index is 10.6. The van der Waals surface area contributed by atoms with Crippen LogP contribution in [0.4, 0.5) is 5.69 Å². The van der Waals surface area contributed by atoms with Gasteiger partial charge in [-0.2, -0.15) is 13.4 Å². The molecule has 0 amide bonds. The third-order valence-corrected chi connectivity index (χ3v) is 2.27. The first-order valence-electron chi connectivity index (χ1n) is 3.19. The van der Waals surface area contributed by atoms with Crippen molar-refractivity contribution in [2.75, 3.05) is 0 Å². The van der Waals surface area contributed by atoms with Crippen LogP contribution in [0.5, 0.6) is 0 Å². The Morgan fingerprint density at radius 1 is 1.33 bits per heavy atom. The summed E-state index contributed by atoms with van der Waals surface area (Å²) in [7, 11) is -4.12. The molecule has 78 valence electrons. The molecule has 5 nitrogen and oxygen atoms in total. The third kappa shape index (κ3) is 5.50. The summed E-state index contributed by atoms with van der Waals surface area (Å²) in [6.07, 6.45) is 0. The Balaban J connectivity index is -0.000000563. The fourth-order valence-electron chi connectivity index (χ4n) is 0.745. The Kier molecular flexibility index (Phi) is 8.31. The standard InChI is InChI=1S/C7H5NO3S2.Na.H2O.H/c9-13(10,11)7-3-1-6(2-4-7)8-5-12;;;/h1-4H,(H,9,10,11);;1H2;/q;+1;;-1. The van der Waals surface area contributed by atoms with Gasteiger partial charge in [-0.3, -0.25) is 4.55 Å². The molecule has 0 aliphatic heterocycles. The van der Waals surface area contributed by atoms with Crippen LogP contribution < -0.4 is 29.6 Å². The van der Waals surface area contributed by atoms with Crippen molar-refractivity contribution in [2.45, 2.75) is 4.90 Å². The smallest absolute Gasteiger partial charge is 1.00 e. The van der Waals surface area contributed by atoms with Gasteiger partial charge in [-0.1, -0.05) is 0 Å². The van der Waals surface area contributed by atoms with Crippen LogP contribution in [-0.2, 0) is 10.1 Å². The zero-order valence-electron chi connectivity index (χ0n) is 8.84. The van der Waals surface area contributed by atoms with Crippen molar-refractivity contribution in [2.24, 2.45) is 4.99 Å². The zero-order valence-corrected chi connectivity index (χ0v) is 11.5. The van der Waals surface area contributed by atoms with Crippen LogP contribution in [0.25, 0.3) is 0 Å². The number of rotatable bonds is 2. The van der Waals surface area contributed by atoms with Gasteiger partial charge in [0.25, 0.3) is 10.1 Å². The Morgan fingerprint density at radius 3 is 2.13 bits per heavy atom. The largest absolute Gasteiger partial charge is 1.00 e. The molecule has 0 heterocycles. The summed E-state index contributed by atoms with van der Waals surface area (Å²) < 4.78 is 29.8. The Bertz CT molecular complexity index is 456. The van der Waals surface area contributed by atoms with E-state index in [1.807, 2.05) is 0 Å². The Labute approximate surface area is 116 Å². The molecule has 1 aromatic carbocycles. The van der Waals surface area contributed by atoms with E-state index in [1.54, 1.807) is 0 Å². The second kappa shape index (κ2) is 7.21. The maximum Gasteiger partial charge on any atom is 1.00 e. The van der Waals surface area contributed by atoms with Crippen LogP contribution >= 0.6 is 12.2 Å². The van der Waals surface area contributed by atoms with Gasteiger partial charge < -0.3 is 6.90 Å². The van der Waals surface area contributed by atoms with E-state index in [0.29, 0.717) is 5.69 Å². The van der Waals surface area contributed by atoms with Crippen LogP contribution in [0.1, 0.15) is 1.43 Å². The van der Waals surface area contributed by atoms with Crippen molar-refractivity contribution in [1.29, 1.82) is 0 Å². The summed E-state index contributed by atoms with van der Waals surface area (Å²) in [5, 5.41) is 2.14. The molecule has 0 spiro atoms. The molecule has 15 heavy (non-hydrogen) atoms. The number of aliphatic imine (C=N–C) groups is 1. The quantitative estimate of drug-likeness (QED) is 0.285. The van der Waals surface area contributed by atoms with Gasteiger partial charge in [-0.05, 0) is 36.5 Å². The molecule has 0 aliphatic rings. The van der Waals surface area contributed by atoms with E-state index in [1.165, 1.54) is 24.3 Å². The minimum Gasteiger partial charge on any atom is -1.00 e. The molecule has 3 N–H and O–H groups in total. The average Bonchev–Trinajstić information content (AvgIpc) is 2.04. The van der Waals surface area contributed by atoms with E-state index in [4.69, 9.17) is 4.55 Å². The summed E-state index contributed by atoms with van der Waals surface area (Å²) in [5.41, 5.74) is 0.488. The first-order valence-corrected chi connectivity index (χ1v) is 5.04. The summed E-state index contributed by atoms with van der Waals surface area (Å²) >= 11 is 4.36. The van der Waals surface area contributed by atoms with E-state index in [9.17, 15) is 8.42 Å². The van der Waals surface area contributed by atoms with Crippen LogP contribution in [0.2, 0.25) is 0 Å². The Hall–Kier alpha value is -0.110. The summed E-state index contributed by atoms with van der Waals surface area (Å²) in [6.45, 7) is 0. The molecule has 0 atom stereocenters. The van der Waals surface area contributed by atoms with Crippen LogP contribution in [0.3, 0.4) is 0 Å². The number of thiocarbonyl (C=S) groups is 1. The summed E-state index contributed by atoms with van der Waals surface area (Å²) in [4.78, 5) is 3.45. The summed E-state index contributed by atoms with van der Waals surface area (Å²) in [6, 6.07) is 5.31. The normalized spacial score (nSPS) is 9.13. The van der Waals surface area contributed by atoms with Gasteiger partial charge in [-0.15, -0.1) is 0 Å². The van der Waals surface area contributed by atoms with Gasteiger partial charge in [0, 0.05) is 0 Å². The van der Waals surface area contributed by atoms with Crippen molar-refractivity contribution < 1.29 is 49.4 Å². The summed E-state index contributed by atoms with van der Waals surface area (Å²) in [5.74, 6) is 0. The fraction of sp³-hybridized carbons (Fsp3) is 0. The Morgan fingerprint density at radius 2 is 1.80 bits per heavy atom. The molecule has 0 bridgehead atoms. The molecule has 0 radical (unpaired) electrons. The van der Waals surface area contributed by atoms with Crippen molar-refractivity contribution in [3.8, 4) is 0 Å². The third-order valence-electron chi connectivity index (χ3n) is 1.31. The molecule has 0 aliphatic carbocycles. The predicted octanol–water partition coefficient (Wildman–Crippen LogP) is -2.04. The molecular formula is C7H8NNaO4S2. The minimum atomic E-state index is -4.12. The number of hydrogen-bond donors (Lipinski definition) is 1. The molecule has 1 aromatic rings. The second-order valence-corrected chi connectivity index (χ2v) is 3.78. The first kappa shape index (κ1) is 17.3. The molecule has 0 aromatic heterocycles.